The van der Waals surface area contributed by atoms with Gasteiger partial charge < -0.3 is 15.8 Å². The number of hydrogen-bond donors (Lipinski definition) is 2. The van der Waals surface area contributed by atoms with Gasteiger partial charge in [-0.3, -0.25) is 0 Å². The number of nitrogen functional groups attached to an aromatic ring is 1. The molecular weight excluding hydrogens is 218 g/mol. The molecule has 3 N–H and O–H groups in total. The highest BCUT2D eigenvalue weighted by Crippen LogP contribution is 2.10. The van der Waals surface area contributed by atoms with Crippen LogP contribution in [-0.2, 0) is 4.74 Å². The first-order valence-corrected chi connectivity index (χ1v) is 5.16. The van der Waals surface area contributed by atoms with E-state index in [4.69, 9.17) is 5.73 Å². The summed E-state index contributed by atoms with van der Waals surface area (Å²) in [5.41, 5.74) is 6.56. The van der Waals surface area contributed by atoms with E-state index in [-0.39, 0.29) is 0 Å². The summed E-state index contributed by atoms with van der Waals surface area (Å²) in [6.07, 6.45) is 2.08. The van der Waals surface area contributed by atoms with E-state index >= 15 is 0 Å². The Balaban J connectivity index is 2.89. The molecule has 0 spiro atoms. The van der Waals surface area contributed by atoms with Gasteiger partial charge in [-0.2, -0.15) is 0 Å². The third-order valence-corrected chi connectivity index (χ3v) is 2.06. The average molecular weight is 233 g/mol. The highest BCUT2D eigenvalue weighted by Gasteiger charge is 2.07. The maximum atomic E-state index is 11.3. The number of rotatable bonds is 3. The molecule has 0 amide bonds. The van der Waals surface area contributed by atoms with Gasteiger partial charge >= 0.3 is 5.97 Å². The summed E-state index contributed by atoms with van der Waals surface area (Å²) >= 11 is 0. The van der Waals surface area contributed by atoms with Crippen LogP contribution in [0.2, 0.25) is 0 Å². The van der Waals surface area contributed by atoms with Crippen LogP contribution in [-0.4, -0.2) is 31.7 Å². The highest BCUT2D eigenvalue weighted by molar-refractivity contribution is 5.89. The van der Waals surface area contributed by atoms with Gasteiger partial charge in [0.15, 0.2) is 0 Å². The number of carbonyl (C=O) groups is 1. The Morgan fingerprint density at radius 2 is 2.41 bits per heavy atom. The summed E-state index contributed by atoms with van der Waals surface area (Å²) in [6, 6.07) is 1.58. The molecule has 0 saturated carbocycles. The molecule has 0 aliphatic heterocycles. The number of ether oxygens (including phenoxy) is 1. The zero-order valence-electron chi connectivity index (χ0n) is 9.91. The van der Waals surface area contributed by atoms with Crippen molar-refractivity contribution in [3.63, 3.8) is 0 Å². The number of hydrogen-bond acceptors (Lipinski definition) is 5. The van der Waals surface area contributed by atoms with Gasteiger partial charge in [-0.1, -0.05) is 11.8 Å². The molecule has 0 atom stereocenters. The second-order valence-electron chi connectivity index (χ2n) is 3.30. The Labute approximate surface area is 100 Å². The Morgan fingerprint density at radius 1 is 1.65 bits per heavy atom. The third-order valence-electron chi connectivity index (χ3n) is 2.06. The summed E-state index contributed by atoms with van der Waals surface area (Å²) in [5, 5.41) is 2.98. The highest BCUT2D eigenvalue weighted by atomic mass is 16.5. The van der Waals surface area contributed by atoms with Crippen molar-refractivity contribution in [1.82, 2.24) is 10.3 Å². The first-order valence-electron chi connectivity index (χ1n) is 5.16. The van der Waals surface area contributed by atoms with E-state index in [9.17, 15) is 4.79 Å². The van der Waals surface area contributed by atoms with Gasteiger partial charge in [0, 0.05) is 19.2 Å². The molecule has 1 aromatic heterocycles. The van der Waals surface area contributed by atoms with E-state index in [1.807, 2.05) is 7.05 Å². The summed E-state index contributed by atoms with van der Waals surface area (Å²) < 4.78 is 4.60. The van der Waals surface area contributed by atoms with Crippen molar-refractivity contribution in [3.05, 3.63) is 23.4 Å². The van der Waals surface area contributed by atoms with Gasteiger partial charge in [0.2, 0.25) is 0 Å². The van der Waals surface area contributed by atoms with Crippen molar-refractivity contribution >= 4 is 11.8 Å². The molecule has 0 aromatic carbocycles. The molecule has 0 aliphatic rings. The molecule has 1 aromatic rings. The monoisotopic (exact) mass is 233 g/mol. The molecule has 0 saturated heterocycles. The molecular formula is C12H15N3O2. The first kappa shape index (κ1) is 13.0. The Morgan fingerprint density at radius 3 is 3.06 bits per heavy atom. The average Bonchev–Trinajstić information content (AvgIpc) is 2.35. The number of pyridine rings is 1. The van der Waals surface area contributed by atoms with Gasteiger partial charge in [-0.25, -0.2) is 9.78 Å². The SMILES string of the molecule is CNCCC#Cc1cc(C(=O)OC)cnc1N. The Bertz CT molecular complexity index is 461. The number of nitrogens with zero attached hydrogens (tertiary/aromatic N) is 1. The first-order chi connectivity index (χ1) is 8.19. The predicted octanol–water partition coefficient (Wildman–Crippen LogP) is 0.411. The zero-order chi connectivity index (χ0) is 12.7. The predicted molar refractivity (Wildman–Crippen MR) is 65.4 cm³/mol. The molecule has 0 aliphatic carbocycles. The van der Waals surface area contributed by atoms with E-state index in [0.29, 0.717) is 23.4 Å². The summed E-state index contributed by atoms with van der Waals surface area (Å²) in [7, 11) is 3.17. The lowest BCUT2D eigenvalue weighted by molar-refractivity contribution is 0.0600. The van der Waals surface area contributed by atoms with Crippen molar-refractivity contribution in [1.29, 1.82) is 0 Å². The van der Waals surface area contributed by atoms with Crippen molar-refractivity contribution in [3.8, 4) is 11.8 Å². The molecule has 5 nitrogen and oxygen atoms in total. The number of aromatic nitrogens is 1. The number of esters is 1. The van der Waals surface area contributed by atoms with Gasteiger partial charge in [0.25, 0.3) is 0 Å². The van der Waals surface area contributed by atoms with Gasteiger partial charge in [0.1, 0.15) is 5.82 Å². The van der Waals surface area contributed by atoms with E-state index in [1.54, 1.807) is 6.07 Å². The second-order valence-corrected chi connectivity index (χ2v) is 3.30. The fraction of sp³-hybridized carbons (Fsp3) is 0.333. The van der Waals surface area contributed by atoms with Crippen molar-refractivity contribution in [2.24, 2.45) is 0 Å². The van der Waals surface area contributed by atoms with Gasteiger partial charge in [0.05, 0.1) is 18.2 Å². The lowest BCUT2D eigenvalue weighted by Gasteiger charge is -2.01. The quantitative estimate of drug-likeness (QED) is 0.449. The Hall–Kier alpha value is -2.06. The molecule has 17 heavy (non-hydrogen) atoms. The normalized spacial score (nSPS) is 9.29. The van der Waals surface area contributed by atoms with Crippen LogP contribution in [0.5, 0.6) is 0 Å². The molecule has 90 valence electrons. The lowest BCUT2D eigenvalue weighted by Crippen LogP contribution is -2.06. The minimum absolute atomic E-state index is 0.314. The number of carbonyl (C=O) groups excluding carboxylic acids is 1. The van der Waals surface area contributed by atoms with Crippen molar-refractivity contribution < 1.29 is 9.53 Å². The van der Waals surface area contributed by atoms with Gasteiger partial charge in [-0.15, -0.1) is 0 Å². The fourth-order valence-corrected chi connectivity index (χ4v) is 1.15. The minimum Gasteiger partial charge on any atom is -0.465 e. The lowest BCUT2D eigenvalue weighted by atomic mass is 10.2. The molecule has 5 heteroatoms. The number of nitrogens with two attached hydrogens (primary N) is 1. The van der Waals surface area contributed by atoms with Crippen LogP contribution in [0.1, 0.15) is 22.3 Å². The van der Waals surface area contributed by atoms with Crippen LogP contribution in [0.15, 0.2) is 12.3 Å². The molecule has 0 bridgehead atoms. The molecule has 0 unspecified atom stereocenters. The Kier molecular flexibility index (Phi) is 4.98. The van der Waals surface area contributed by atoms with E-state index in [1.165, 1.54) is 13.3 Å². The largest absolute Gasteiger partial charge is 0.465 e. The maximum Gasteiger partial charge on any atom is 0.339 e. The standard InChI is InChI=1S/C12H15N3O2/c1-14-6-4-3-5-9-7-10(12(16)17-2)8-15-11(9)13/h7-8,14H,4,6H2,1-2H3,(H2,13,15). The molecule has 0 fully saturated rings. The summed E-state index contributed by atoms with van der Waals surface area (Å²) in [4.78, 5) is 15.2. The van der Waals surface area contributed by atoms with E-state index in [0.717, 1.165) is 6.54 Å². The van der Waals surface area contributed by atoms with Crippen molar-refractivity contribution in [2.45, 2.75) is 6.42 Å². The molecule has 0 radical (unpaired) electrons. The van der Waals surface area contributed by atoms with Crippen LogP contribution >= 0.6 is 0 Å². The zero-order valence-corrected chi connectivity index (χ0v) is 9.91. The maximum absolute atomic E-state index is 11.3. The summed E-state index contributed by atoms with van der Waals surface area (Å²) in [5.74, 6) is 5.69. The second kappa shape index (κ2) is 6.51. The molecule has 1 rings (SSSR count). The van der Waals surface area contributed by atoms with E-state index < -0.39 is 5.97 Å². The number of nitrogens with one attached hydrogen (secondary N) is 1. The fourth-order valence-electron chi connectivity index (χ4n) is 1.15. The third kappa shape index (κ3) is 3.78. The summed E-state index contributed by atoms with van der Waals surface area (Å²) in [6.45, 7) is 0.803. The van der Waals surface area contributed by atoms with Crippen LogP contribution in [0.3, 0.4) is 0 Å². The molecule has 1 heterocycles. The number of anilines is 1. The van der Waals surface area contributed by atoms with Crippen LogP contribution in [0.4, 0.5) is 5.82 Å². The number of methoxy groups -OCH3 is 1. The van der Waals surface area contributed by atoms with Gasteiger partial charge in [-0.05, 0) is 13.1 Å². The van der Waals surface area contributed by atoms with Crippen LogP contribution in [0, 0.1) is 11.8 Å². The smallest absolute Gasteiger partial charge is 0.339 e. The van der Waals surface area contributed by atoms with Crippen molar-refractivity contribution in [2.75, 3.05) is 26.4 Å². The van der Waals surface area contributed by atoms with Crippen LogP contribution in [0.25, 0.3) is 0 Å². The topological polar surface area (TPSA) is 77.2 Å². The minimum atomic E-state index is -0.448. The van der Waals surface area contributed by atoms with E-state index in [2.05, 4.69) is 26.9 Å². The van der Waals surface area contributed by atoms with Crippen LogP contribution < -0.4 is 11.1 Å².